The third-order valence-corrected chi connectivity index (χ3v) is 7.33. The quantitative estimate of drug-likeness (QED) is 0.341. The number of hydrogen-bond acceptors (Lipinski definition) is 4. The molecule has 0 saturated carbocycles. The van der Waals surface area contributed by atoms with Crippen molar-refractivity contribution >= 4 is 41.3 Å². The van der Waals surface area contributed by atoms with Crippen LogP contribution in [0.3, 0.4) is 0 Å². The van der Waals surface area contributed by atoms with Crippen LogP contribution < -0.4 is 10.1 Å². The molecule has 0 saturated heterocycles. The van der Waals surface area contributed by atoms with Gasteiger partial charge in [0.05, 0.1) is 7.11 Å². The van der Waals surface area contributed by atoms with Gasteiger partial charge in [-0.2, -0.15) is 0 Å². The minimum Gasteiger partial charge on any atom is -0.497 e. The molecule has 2 aromatic heterocycles. The number of fused-ring (bicyclic) bond motifs is 3. The topological polar surface area (TPSA) is 77.0 Å². The standard InChI is InChI=1S/C31H25BN6O2/c1-19-4-13-28-31(21-7-10-25(11-8-21)33-20(2)39)29-14-15-30(38(29)32-37(19)28)36-18-27(34-35-36)24-6-5-23-17-26(40-3)12-9-22(23)16-24/h4-18H,1-3H3,(H,33,39)/q+1. The van der Waals surface area contributed by atoms with E-state index in [9.17, 15) is 4.79 Å². The number of aromatic nitrogens is 4. The van der Waals surface area contributed by atoms with Gasteiger partial charge in [0.2, 0.25) is 5.91 Å². The molecule has 1 N–H and O–H groups in total. The van der Waals surface area contributed by atoms with E-state index in [1.54, 1.807) is 7.11 Å². The number of rotatable bonds is 4. The lowest BCUT2D eigenvalue weighted by molar-refractivity contribution is -0.316. The fourth-order valence-corrected chi connectivity index (χ4v) is 5.34. The summed E-state index contributed by atoms with van der Waals surface area (Å²) < 4.78 is 11.5. The van der Waals surface area contributed by atoms with E-state index in [1.807, 2.05) is 47.3 Å². The second kappa shape index (κ2) is 9.23. The van der Waals surface area contributed by atoms with E-state index in [1.165, 1.54) is 6.92 Å². The SMILES string of the molecule is COc1ccc2cc(-c3cn(C4=[N+]5[B]n6c(C)ccc6C(c6ccc(NC(C)=O)cc6)=C5C=C4)nn3)ccc2c1. The fourth-order valence-electron chi connectivity index (χ4n) is 5.34. The summed E-state index contributed by atoms with van der Waals surface area (Å²) in [7, 11) is 3.77. The third-order valence-electron chi connectivity index (χ3n) is 7.33. The molecule has 4 heterocycles. The molecule has 7 rings (SSSR count). The highest BCUT2D eigenvalue weighted by molar-refractivity contribution is 6.29. The molecule has 2 aliphatic rings. The average molecular weight is 524 g/mol. The number of methoxy groups -OCH3 is 1. The van der Waals surface area contributed by atoms with Crippen molar-refractivity contribution in [3.63, 3.8) is 0 Å². The summed E-state index contributed by atoms with van der Waals surface area (Å²) in [5.74, 6) is 1.62. The number of allylic oxidation sites excluding steroid dienone is 2. The van der Waals surface area contributed by atoms with Gasteiger partial charge in [0, 0.05) is 46.4 Å². The lowest BCUT2D eigenvalue weighted by Crippen LogP contribution is -2.34. The second-order valence-electron chi connectivity index (χ2n) is 9.90. The van der Waals surface area contributed by atoms with Crippen LogP contribution in [0.2, 0.25) is 0 Å². The number of carbonyl (C=O) groups excluding carboxylic acids is 1. The molecule has 193 valence electrons. The maximum atomic E-state index is 11.5. The van der Waals surface area contributed by atoms with E-state index in [-0.39, 0.29) is 5.91 Å². The molecular formula is C31H25BN6O2+. The Morgan fingerprint density at radius 1 is 0.950 bits per heavy atom. The maximum absolute atomic E-state index is 11.5. The lowest BCUT2D eigenvalue weighted by Gasteiger charge is -2.21. The van der Waals surface area contributed by atoms with Crippen LogP contribution in [0.15, 0.2) is 96.8 Å². The van der Waals surface area contributed by atoms with E-state index in [0.717, 1.165) is 67.5 Å². The maximum Gasteiger partial charge on any atom is 0.552 e. The van der Waals surface area contributed by atoms with Gasteiger partial charge in [0.25, 0.3) is 5.84 Å². The van der Waals surface area contributed by atoms with Gasteiger partial charge in [0.15, 0.2) is 6.20 Å². The molecule has 9 heteroatoms. The van der Waals surface area contributed by atoms with E-state index in [0.29, 0.717) is 0 Å². The molecule has 0 aliphatic carbocycles. The van der Waals surface area contributed by atoms with E-state index in [2.05, 4.69) is 87.6 Å². The number of nitrogens with zero attached hydrogens (tertiary/aromatic N) is 5. The molecule has 1 radical (unpaired) electrons. The fraction of sp³-hybridized carbons (Fsp3) is 0.0968. The van der Waals surface area contributed by atoms with Crippen LogP contribution in [0.25, 0.3) is 27.6 Å². The molecule has 0 spiro atoms. The summed E-state index contributed by atoms with van der Waals surface area (Å²) in [5.41, 5.74) is 7.98. The summed E-state index contributed by atoms with van der Waals surface area (Å²) in [6.07, 6.45) is 6.13. The Balaban J connectivity index is 1.29. The number of anilines is 1. The molecule has 3 aromatic carbocycles. The Morgan fingerprint density at radius 2 is 1.73 bits per heavy atom. The van der Waals surface area contributed by atoms with Gasteiger partial charge in [-0.1, -0.05) is 35.0 Å². The predicted molar refractivity (Wildman–Crippen MR) is 156 cm³/mol. The van der Waals surface area contributed by atoms with Crippen LogP contribution >= 0.6 is 0 Å². The molecule has 2 aliphatic heterocycles. The largest absolute Gasteiger partial charge is 0.552 e. The summed E-state index contributed by atoms with van der Waals surface area (Å²) in [4.78, 5) is 11.5. The molecule has 0 bridgehead atoms. The zero-order chi connectivity index (χ0) is 27.4. The first-order chi connectivity index (χ1) is 19.5. The monoisotopic (exact) mass is 524 g/mol. The van der Waals surface area contributed by atoms with Crippen LogP contribution in [-0.4, -0.2) is 50.4 Å². The Kier molecular flexibility index (Phi) is 5.52. The zero-order valence-electron chi connectivity index (χ0n) is 22.3. The zero-order valence-corrected chi connectivity index (χ0v) is 22.3. The Labute approximate surface area is 231 Å². The Bertz CT molecular complexity index is 1930. The van der Waals surface area contributed by atoms with Gasteiger partial charge in [-0.3, -0.25) is 9.28 Å². The highest BCUT2D eigenvalue weighted by Crippen LogP contribution is 2.35. The number of nitrogens with one attached hydrogen (secondary N) is 1. The van der Waals surface area contributed by atoms with Crippen molar-refractivity contribution < 1.29 is 14.0 Å². The van der Waals surface area contributed by atoms with Crippen LogP contribution in [0, 0.1) is 6.92 Å². The van der Waals surface area contributed by atoms with Crippen LogP contribution in [0.4, 0.5) is 5.69 Å². The van der Waals surface area contributed by atoms with E-state index < -0.39 is 0 Å². The van der Waals surface area contributed by atoms with Crippen molar-refractivity contribution in [1.82, 2.24) is 19.5 Å². The number of benzene rings is 3. The number of amides is 1. The Hall–Kier alpha value is -5.18. The first-order valence-corrected chi connectivity index (χ1v) is 13.0. The second-order valence-corrected chi connectivity index (χ2v) is 9.90. The summed E-state index contributed by atoms with van der Waals surface area (Å²) in [6.45, 7) is 3.60. The number of ether oxygens (including phenoxy) is 1. The van der Waals surface area contributed by atoms with Crippen molar-refractivity contribution in [2.24, 2.45) is 0 Å². The summed E-state index contributed by atoms with van der Waals surface area (Å²) in [5, 5.41) is 14.1. The van der Waals surface area contributed by atoms with Crippen molar-refractivity contribution in [2.75, 3.05) is 12.4 Å². The first kappa shape index (κ1) is 23.9. The molecule has 5 aromatic rings. The molecule has 40 heavy (non-hydrogen) atoms. The summed E-state index contributed by atoms with van der Waals surface area (Å²) >= 11 is 0. The van der Waals surface area contributed by atoms with Crippen molar-refractivity contribution in [2.45, 2.75) is 13.8 Å². The Morgan fingerprint density at radius 3 is 2.52 bits per heavy atom. The third kappa shape index (κ3) is 3.94. The van der Waals surface area contributed by atoms with Gasteiger partial charge in [0.1, 0.15) is 17.1 Å². The number of aryl methyl sites for hydroxylation is 1. The number of carbonyl (C=O) groups is 1. The van der Waals surface area contributed by atoms with Crippen LogP contribution in [0.1, 0.15) is 23.9 Å². The minimum atomic E-state index is -0.0909. The number of hydrogen-bond donors (Lipinski definition) is 1. The van der Waals surface area contributed by atoms with Gasteiger partial charge in [-0.05, 0) is 71.8 Å². The van der Waals surface area contributed by atoms with Crippen molar-refractivity contribution in [1.29, 1.82) is 0 Å². The molecular weight excluding hydrogens is 499 g/mol. The molecule has 8 nitrogen and oxygen atoms in total. The van der Waals surface area contributed by atoms with E-state index in [4.69, 9.17) is 4.74 Å². The summed E-state index contributed by atoms with van der Waals surface area (Å²) in [6, 6.07) is 24.5. The normalized spacial score (nSPS) is 13.9. The van der Waals surface area contributed by atoms with Gasteiger partial charge in [-0.15, -0.1) is 5.10 Å². The smallest absolute Gasteiger partial charge is 0.497 e. The minimum absolute atomic E-state index is 0.0909. The van der Waals surface area contributed by atoms with Gasteiger partial charge >= 0.3 is 7.55 Å². The van der Waals surface area contributed by atoms with Gasteiger partial charge < -0.3 is 14.5 Å². The van der Waals surface area contributed by atoms with Crippen LogP contribution in [0.5, 0.6) is 5.75 Å². The van der Waals surface area contributed by atoms with Crippen molar-refractivity contribution in [3.8, 4) is 17.0 Å². The predicted octanol–water partition coefficient (Wildman–Crippen LogP) is 4.86. The van der Waals surface area contributed by atoms with Crippen molar-refractivity contribution in [3.05, 3.63) is 114 Å². The molecule has 0 fully saturated rings. The first-order valence-electron chi connectivity index (χ1n) is 13.0. The van der Waals surface area contributed by atoms with E-state index >= 15 is 0 Å². The highest BCUT2D eigenvalue weighted by atomic mass is 16.5. The molecule has 1 amide bonds. The average Bonchev–Trinajstić information content (AvgIpc) is 3.70. The lowest BCUT2D eigenvalue weighted by atomic mass is 9.92. The highest BCUT2D eigenvalue weighted by Gasteiger charge is 2.35. The van der Waals surface area contributed by atoms with Gasteiger partial charge in [-0.25, -0.2) is 0 Å². The molecule has 0 atom stereocenters. The molecule has 0 unspecified atom stereocenters. The van der Waals surface area contributed by atoms with Crippen LogP contribution in [-0.2, 0) is 4.79 Å².